The fourth-order valence-corrected chi connectivity index (χ4v) is 1.63. The SMILES string of the molecule is Cc1cc(C(=O)O)cc(NCCc2noc(C)n2)n1. The first kappa shape index (κ1) is 13.0. The van der Waals surface area contributed by atoms with Crippen LogP contribution in [0.15, 0.2) is 16.7 Å². The first-order valence-electron chi connectivity index (χ1n) is 5.79. The summed E-state index contributed by atoms with van der Waals surface area (Å²) in [5.41, 5.74) is 0.864. The van der Waals surface area contributed by atoms with Crippen molar-refractivity contribution in [3.05, 3.63) is 35.1 Å². The number of aromatic carboxylic acids is 1. The maximum atomic E-state index is 10.9. The summed E-state index contributed by atoms with van der Waals surface area (Å²) in [6.07, 6.45) is 0.579. The van der Waals surface area contributed by atoms with Gasteiger partial charge in [-0.1, -0.05) is 5.16 Å². The zero-order valence-corrected chi connectivity index (χ0v) is 10.7. The topological polar surface area (TPSA) is 101 Å². The van der Waals surface area contributed by atoms with Crippen molar-refractivity contribution >= 4 is 11.8 Å². The van der Waals surface area contributed by atoms with Gasteiger partial charge >= 0.3 is 5.97 Å². The number of rotatable bonds is 5. The number of hydrogen-bond acceptors (Lipinski definition) is 6. The number of nitrogens with zero attached hydrogens (tertiary/aromatic N) is 3. The number of hydrogen-bond donors (Lipinski definition) is 2. The van der Waals surface area contributed by atoms with E-state index in [1.807, 2.05) is 0 Å². The molecule has 2 aromatic heterocycles. The van der Waals surface area contributed by atoms with Gasteiger partial charge in [0.15, 0.2) is 5.82 Å². The van der Waals surface area contributed by atoms with Gasteiger partial charge in [0.2, 0.25) is 5.89 Å². The van der Waals surface area contributed by atoms with Gasteiger partial charge in [0.1, 0.15) is 5.82 Å². The minimum atomic E-state index is -0.970. The molecule has 0 fully saturated rings. The van der Waals surface area contributed by atoms with Crippen LogP contribution in [-0.2, 0) is 6.42 Å². The van der Waals surface area contributed by atoms with E-state index in [-0.39, 0.29) is 5.56 Å². The molecule has 0 radical (unpaired) electrons. The molecule has 0 aliphatic carbocycles. The molecule has 0 bridgehead atoms. The lowest BCUT2D eigenvalue weighted by Gasteiger charge is -2.06. The van der Waals surface area contributed by atoms with E-state index in [2.05, 4.69) is 20.4 Å². The van der Waals surface area contributed by atoms with Crippen LogP contribution in [0.4, 0.5) is 5.82 Å². The lowest BCUT2D eigenvalue weighted by atomic mass is 10.2. The standard InChI is InChI=1S/C12H14N4O3/c1-7-5-9(12(17)18)6-11(14-7)13-4-3-10-15-8(2)19-16-10/h5-6H,3-4H2,1-2H3,(H,13,14)(H,17,18). The average molecular weight is 262 g/mol. The van der Waals surface area contributed by atoms with Crippen molar-refractivity contribution in [3.8, 4) is 0 Å². The summed E-state index contributed by atoms with van der Waals surface area (Å²) in [6.45, 7) is 4.03. The van der Waals surface area contributed by atoms with E-state index in [0.29, 0.717) is 36.2 Å². The molecular formula is C12H14N4O3. The summed E-state index contributed by atoms with van der Waals surface area (Å²) >= 11 is 0. The highest BCUT2D eigenvalue weighted by Gasteiger charge is 2.07. The highest BCUT2D eigenvalue weighted by Crippen LogP contribution is 2.10. The van der Waals surface area contributed by atoms with Crippen LogP contribution < -0.4 is 5.32 Å². The molecule has 0 aromatic carbocycles. The number of pyridine rings is 1. The van der Waals surface area contributed by atoms with E-state index in [0.717, 1.165) is 0 Å². The molecule has 0 amide bonds. The highest BCUT2D eigenvalue weighted by molar-refractivity contribution is 5.88. The molecule has 2 rings (SSSR count). The van der Waals surface area contributed by atoms with Crippen LogP contribution in [0.3, 0.4) is 0 Å². The van der Waals surface area contributed by atoms with Gasteiger partial charge in [-0.25, -0.2) is 9.78 Å². The first-order chi connectivity index (χ1) is 9.04. The molecule has 0 saturated heterocycles. The Labute approximate surface area is 109 Å². The van der Waals surface area contributed by atoms with Gasteiger partial charge in [-0.3, -0.25) is 0 Å². The Morgan fingerprint density at radius 1 is 1.37 bits per heavy atom. The normalized spacial score (nSPS) is 10.4. The average Bonchev–Trinajstić information content (AvgIpc) is 2.74. The second-order valence-electron chi connectivity index (χ2n) is 4.09. The monoisotopic (exact) mass is 262 g/mol. The van der Waals surface area contributed by atoms with E-state index in [9.17, 15) is 4.79 Å². The molecular weight excluding hydrogens is 248 g/mol. The lowest BCUT2D eigenvalue weighted by Crippen LogP contribution is -2.09. The van der Waals surface area contributed by atoms with Crippen molar-refractivity contribution in [1.29, 1.82) is 0 Å². The van der Waals surface area contributed by atoms with Crippen molar-refractivity contribution in [3.63, 3.8) is 0 Å². The molecule has 0 saturated carbocycles. The number of carboxylic acids is 1. The molecule has 7 heteroatoms. The van der Waals surface area contributed by atoms with E-state index < -0.39 is 5.97 Å². The molecule has 0 spiro atoms. The van der Waals surface area contributed by atoms with Crippen molar-refractivity contribution in [2.24, 2.45) is 0 Å². The molecule has 2 heterocycles. The van der Waals surface area contributed by atoms with Gasteiger partial charge in [-0.15, -0.1) is 0 Å². The third kappa shape index (κ3) is 3.51. The van der Waals surface area contributed by atoms with Gasteiger partial charge < -0.3 is 14.9 Å². The quantitative estimate of drug-likeness (QED) is 0.840. The summed E-state index contributed by atoms with van der Waals surface area (Å²) in [6, 6.07) is 3.02. The van der Waals surface area contributed by atoms with Crippen LogP contribution >= 0.6 is 0 Å². The fourth-order valence-electron chi connectivity index (χ4n) is 1.63. The molecule has 0 aliphatic rings. The predicted octanol–water partition coefficient (Wildman–Crippen LogP) is 1.43. The fraction of sp³-hybridized carbons (Fsp3) is 0.333. The smallest absolute Gasteiger partial charge is 0.335 e. The van der Waals surface area contributed by atoms with Gasteiger partial charge in [0.25, 0.3) is 0 Å². The minimum Gasteiger partial charge on any atom is -0.478 e. The van der Waals surface area contributed by atoms with Gasteiger partial charge in [0.05, 0.1) is 5.56 Å². The molecule has 100 valence electrons. The summed E-state index contributed by atoms with van der Waals surface area (Å²) < 4.78 is 4.85. The van der Waals surface area contributed by atoms with E-state index >= 15 is 0 Å². The van der Waals surface area contributed by atoms with Gasteiger partial charge in [0, 0.05) is 25.6 Å². The number of aromatic nitrogens is 3. The van der Waals surface area contributed by atoms with Crippen LogP contribution in [0.1, 0.15) is 27.8 Å². The summed E-state index contributed by atoms with van der Waals surface area (Å²) in [5.74, 6) is 0.688. The van der Waals surface area contributed by atoms with Crippen molar-refractivity contribution in [2.75, 3.05) is 11.9 Å². The zero-order valence-electron chi connectivity index (χ0n) is 10.7. The summed E-state index contributed by atoms with van der Waals surface area (Å²) in [5, 5.41) is 15.8. The Kier molecular flexibility index (Phi) is 3.74. The van der Waals surface area contributed by atoms with Crippen LogP contribution in [0, 0.1) is 13.8 Å². The molecule has 2 aromatic rings. The van der Waals surface area contributed by atoms with Crippen molar-refractivity contribution in [2.45, 2.75) is 20.3 Å². The van der Waals surface area contributed by atoms with E-state index in [4.69, 9.17) is 9.63 Å². The maximum absolute atomic E-state index is 10.9. The number of anilines is 1. The first-order valence-corrected chi connectivity index (χ1v) is 5.79. The van der Waals surface area contributed by atoms with Crippen LogP contribution in [0.5, 0.6) is 0 Å². The second-order valence-corrected chi connectivity index (χ2v) is 4.09. The van der Waals surface area contributed by atoms with Crippen molar-refractivity contribution in [1.82, 2.24) is 15.1 Å². The number of nitrogens with one attached hydrogen (secondary N) is 1. The third-order valence-corrected chi connectivity index (χ3v) is 2.42. The van der Waals surface area contributed by atoms with Gasteiger partial charge in [-0.2, -0.15) is 4.98 Å². The minimum absolute atomic E-state index is 0.213. The number of carbonyl (C=O) groups is 1. The molecule has 7 nitrogen and oxygen atoms in total. The Hall–Kier alpha value is -2.44. The van der Waals surface area contributed by atoms with Crippen molar-refractivity contribution < 1.29 is 14.4 Å². The van der Waals surface area contributed by atoms with Crippen LogP contribution in [0.25, 0.3) is 0 Å². The molecule has 19 heavy (non-hydrogen) atoms. The molecule has 0 unspecified atom stereocenters. The Bertz CT molecular complexity index is 594. The summed E-state index contributed by atoms with van der Waals surface area (Å²) in [4.78, 5) is 19.2. The predicted molar refractivity (Wildman–Crippen MR) is 67.2 cm³/mol. The molecule has 2 N–H and O–H groups in total. The summed E-state index contributed by atoms with van der Waals surface area (Å²) in [7, 11) is 0. The van der Waals surface area contributed by atoms with Crippen LogP contribution in [0.2, 0.25) is 0 Å². The van der Waals surface area contributed by atoms with E-state index in [1.165, 1.54) is 12.1 Å². The number of carboxylic acid groups (broad SMARTS) is 1. The number of aryl methyl sites for hydroxylation is 2. The maximum Gasteiger partial charge on any atom is 0.335 e. The second kappa shape index (κ2) is 5.47. The Balaban J connectivity index is 1.97. The Morgan fingerprint density at radius 3 is 2.79 bits per heavy atom. The largest absolute Gasteiger partial charge is 0.478 e. The van der Waals surface area contributed by atoms with E-state index in [1.54, 1.807) is 13.8 Å². The molecule has 0 aliphatic heterocycles. The third-order valence-electron chi connectivity index (χ3n) is 2.42. The molecule has 0 atom stereocenters. The zero-order chi connectivity index (χ0) is 13.8. The highest BCUT2D eigenvalue weighted by atomic mass is 16.5. The van der Waals surface area contributed by atoms with Gasteiger partial charge in [-0.05, 0) is 19.1 Å². The Morgan fingerprint density at radius 2 is 2.16 bits per heavy atom. The lowest BCUT2D eigenvalue weighted by molar-refractivity contribution is 0.0696. The van der Waals surface area contributed by atoms with Crippen LogP contribution in [-0.4, -0.2) is 32.7 Å².